The van der Waals surface area contributed by atoms with E-state index in [4.69, 9.17) is 18.9 Å². The van der Waals surface area contributed by atoms with E-state index in [-0.39, 0.29) is 0 Å². The molecule has 0 heterocycles. The Morgan fingerprint density at radius 3 is 2.28 bits per heavy atom. The summed E-state index contributed by atoms with van der Waals surface area (Å²) < 4.78 is 22.2. The molecular weight excluding hydrogens is 347 g/mol. The van der Waals surface area contributed by atoms with Crippen molar-refractivity contribution in [2.24, 2.45) is 0 Å². The van der Waals surface area contributed by atoms with Gasteiger partial charge in [-0.05, 0) is 40.8 Å². The zero-order valence-electron chi connectivity index (χ0n) is 10.6. The third kappa shape index (κ3) is 7.86. The Morgan fingerprint density at radius 2 is 1.61 bits per heavy atom. The van der Waals surface area contributed by atoms with Crippen LogP contribution in [0.2, 0.25) is 0 Å². The lowest BCUT2D eigenvalue weighted by Gasteiger charge is -2.07. The highest BCUT2D eigenvalue weighted by Crippen LogP contribution is 2.14. The second-order valence-electron chi connectivity index (χ2n) is 3.52. The highest BCUT2D eigenvalue weighted by Gasteiger charge is 1.95. The van der Waals surface area contributed by atoms with Gasteiger partial charge >= 0.3 is 0 Å². The number of ether oxygens (including phenoxy) is 4. The van der Waals surface area contributed by atoms with Gasteiger partial charge in [0, 0.05) is 10.7 Å². The van der Waals surface area contributed by atoms with Crippen LogP contribution in [-0.4, -0.2) is 46.8 Å². The molecule has 1 rings (SSSR count). The Balaban J connectivity index is 1.92. The first kappa shape index (κ1) is 15.7. The van der Waals surface area contributed by atoms with Crippen LogP contribution in [0.25, 0.3) is 0 Å². The van der Waals surface area contributed by atoms with Crippen molar-refractivity contribution in [3.63, 3.8) is 0 Å². The summed E-state index contributed by atoms with van der Waals surface area (Å²) in [5.41, 5.74) is 0. The molecule has 0 aliphatic heterocycles. The minimum Gasteiger partial charge on any atom is -0.491 e. The number of hydrogen-bond acceptors (Lipinski definition) is 4. The fraction of sp³-hybridized carbons (Fsp3) is 0.538. The molecule has 4 nitrogen and oxygen atoms in total. The number of rotatable bonds is 10. The number of hydrogen-bond donors (Lipinski definition) is 0. The molecule has 18 heavy (non-hydrogen) atoms. The zero-order valence-corrected chi connectivity index (χ0v) is 12.7. The van der Waals surface area contributed by atoms with E-state index in [0.29, 0.717) is 39.6 Å². The zero-order chi connectivity index (χ0) is 13.1. The van der Waals surface area contributed by atoms with E-state index >= 15 is 0 Å². The molecular formula is C13H19IO4. The maximum absolute atomic E-state index is 5.54. The molecule has 0 N–H and O–H groups in total. The quantitative estimate of drug-likeness (QED) is 0.471. The fourth-order valence-electron chi connectivity index (χ4n) is 1.24. The van der Waals surface area contributed by atoms with Gasteiger partial charge in [0.05, 0.1) is 33.0 Å². The van der Waals surface area contributed by atoms with Crippen LogP contribution in [-0.2, 0) is 14.2 Å². The molecule has 0 aromatic heterocycles. The smallest absolute Gasteiger partial charge is 0.120 e. The molecule has 0 unspecified atom stereocenters. The van der Waals surface area contributed by atoms with Gasteiger partial charge in [0.2, 0.25) is 0 Å². The molecule has 0 saturated heterocycles. The summed E-state index contributed by atoms with van der Waals surface area (Å²) in [5, 5.41) is 0. The van der Waals surface area contributed by atoms with Gasteiger partial charge in [-0.2, -0.15) is 0 Å². The summed E-state index contributed by atoms with van der Waals surface area (Å²) in [6, 6.07) is 7.94. The lowest BCUT2D eigenvalue weighted by molar-refractivity contribution is 0.0179. The fourth-order valence-corrected chi connectivity index (χ4v) is 1.75. The Morgan fingerprint density at radius 1 is 0.944 bits per heavy atom. The van der Waals surface area contributed by atoms with Gasteiger partial charge in [-0.1, -0.05) is 6.07 Å². The Hall–Kier alpha value is -0.370. The summed E-state index contributed by atoms with van der Waals surface area (Å²) in [7, 11) is 1.65. The van der Waals surface area contributed by atoms with Crippen molar-refractivity contribution in [2.45, 2.75) is 0 Å². The molecule has 0 amide bonds. The standard InChI is InChI=1S/C13H19IO4/c1-15-5-6-16-7-8-17-9-10-18-13-4-2-3-12(14)11-13/h2-4,11H,5-10H2,1H3. The molecule has 0 fully saturated rings. The third-order valence-corrected chi connectivity index (χ3v) is 2.77. The van der Waals surface area contributed by atoms with Gasteiger partial charge in [-0.25, -0.2) is 0 Å². The van der Waals surface area contributed by atoms with Crippen molar-refractivity contribution in [1.29, 1.82) is 0 Å². The molecule has 1 aromatic rings. The second-order valence-corrected chi connectivity index (χ2v) is 4.77. The molecule has 0 aliphatic carbocycles. The van der Waals surface area contributed by atoms with E-state index < -0.39 is 0 Å². The van der Waals surface area contributed by atoms with Crippen LogP contribution < -0.4 is 4.74 Å². The molecule has 0 radical (unpaired) electrons. The van der Waals surface area contributed by atoms with Crippen molar-refractivity contribution in [1.82, 2.24) is 0 Å². The summed E-state index contributed by atoms with van der Waals surface area (Å²) in [6.07, 6.45) is 0. The van der Waals surface area contributed by atoms with E-state index in [2.05, 4.69) is 22.6 Å². The molecule has 0 spiro atoms. The monoisotopic (exact) mass is 366 g/mol. The second kappa shape index (κ2) is 10.5. The van der Waals surface area contributed by atoms with Crippen molar-refractivity contribution in [3.05, 3.63) is 27.8 Å². The molecule has 0 saturated carbocycles. The average Bonchev–Trinajstić information content (AvgIpc) is 2.37. The Kier molecular flexibility index (Phi) is 9.19. The normalized spacial score (nSPS) is 10.6. The van der Waals surface area contributed by atoms with Crippen molar-refractivity contribution in [2.75, 3.05) is 46.8 Å². The number of methoxy groups -OCH3 is 1. The first-order valence-corrected chi connectivity index (χ1v) is 6.93. The molecule has 0 bridgehead atoms. The molecule has 5 heteroatoms. The van der Waals surface area contributed by atoms with Crippen LogP contribution in [0.4, 0.5) is 0 Å². The summed E-state index contributed by atoms with van der Waals surface area (Å²) in [4.78, 5) is 0. The van der Waals surface area contributed by atoms with Crippen molar-refractivity contribution >= 4 is 22.6 Å². The van der Waals surface area contributed by atoms with Crippen molar-refractivity contribution < 1.29 is 18.9 Å². The van der Waals surface area contributed by atoms with E-state index in [1.807, 2.05) is 24.3 Å². The van der Waals surface area contributed by atoms with E-state index in [1.54, 1.807) is 7.11 Å². The van der Waals surface area contributed by atoms with Crippen LogP contribution in [0.15, 0.2) is 24.3 Å². The van der Waals surface area contributed by atoms with Crippen molar-refractivity contribution in [3.8, 4) is 5.75 Å². The summed E-state index contributed by atoms with van der Waals surface area (Å²) in [6.45, 7) is 3.53. The molecule has 0 aliphatic rings. The molecule has 102 valence electrons. The minimum absolute atomic E-state index is 0.554. The highest BCUT2D eigenvalue weighted by molar-refractivity contribution is 14.1. The largest absolute Gasteiger partial charge is 0.491 e. The molecule has 0 atom stereocenters. The highest BCUT2D eigenvalue weighted by atomic mass is 127. The minimum atomic E-state index is 0.554. The number of benzene rings is 1. The average molecular weight is 366 g/mol. The van der Waals surface area contributed by atoms with Gasteiger partial charge in [0.15, 0.2) is 0 Å². The van der Waals surface area contributed by atoms with Crippen LogP contribution >= 0.6 is 22.6 Å². The topological polar surface area (TPSA) is 36.9 Å². The van der Waals surface area contributed by atoms with Crippen LogP contribution in [0.1, 0.15) is 0 Å². The van der Waals surface area contributed by atoms with E-state index in [0.717, 1.165) is 9.32 Å². The SMILES string of the molecule is COCCOCCOCCOc1cccc(I)c1. The van der Waals surface area contributed by atoms with Gasteiger partial charge < -0.3 is 18.9 Å². The Bertz CT molecular complexity index is 320. The maximum atomic E-state index is 5.54. The molecule has 1 aromatic carbocycles. The van der Waals surface area contributed by atoms with Crippen LogP contribution in [0.5, 0.6) is 5.75 Å². The van der Waals surface area contributed by atoms with E-state index in [1.165, 1.54) is 0 Å². The van der Waals surface area contributed by atoms with Gasteiger partial charge in [-0.3, -0.25) is 0 Å². The van der Waals surface area contributed by atoms with Crippen LogP contribution in [0.3, 0.4) is 0 Å². The van der Waals surface area contributed by atoms with Gasteiger partial charge in [0.25, 0.3) is 0 Å². The van der Waals surface area contributed by atoms with Crippen LogP contribution in [0, 0.1) is 3.57 Å². The lowest BCUT2D eigenvalue weighted by atomic mass is 10.3. The Labute approximate surface area is 122 Å². The van der Waals surface area contributed by atoms with Gasteiger partial charge in [-0.15, -0.1) is 0 Å². The first-order valence-electron chi connectivity index (χ1n) is 5.85. The first-order chi connectivity index (χ1) is 8.83. The third-order valence-electron chi connectivity index (χ3n) is 2.10. The lowest BCUT2D eigenvalue weighted by Crippen LogP contribution is -2.12. The van der Waals surface area contributed by atoms with Gasteiger partial charge in [0.1, 0.15) is 12.4 Å². The predicted octanol–water partition coefficient (Wildman–Crippen LogP) is 2.35. The maximum Gasteiger partial charge on any atom is 0.120 e. The number of halogens is 1. The summed E-state index contributed by atoms with van der Waals surface area (Å²) >= 11 is 2.26. The van der Waals surface area contributed by atoms with E-state index in [9.17, 15) is 0 Å². The summed E-state index contributed by atoms with van der Waals surface area (Å²) in [5.74, 6) is 0.877. The predicted molar refractivity (Wildman–Crippen MR) is 78.2 cm³/mol.